The van der Waals surface area contributed by atoms with Crippen molar-refractivity contribution in [2.45, 2.75) is 0 Å². The van der Waals surface area contributed by atoms with E-state index in [2.05, 4.69) is 11.6 Å². The van der Waals surface area contributed by atoms with Crippen LogP contribution >= 0.6 is 0 Å². The third-order valence-electron chi connectivity index (χ3n) is 2.01. The highest BCUT2D eigenvalue weighted by Crippen LogP contribution is 2.10. The molecule has 0 saturated carbocycles. The SMILES string of the molecule is C=Cc1cc2ccc1c(=O)[nH]c2=O. The first-order chi connectivity index (χ1) is 6.22. The van der Waals surface area contributed by atoms with Crippen LogP contribution in [0.1, 0.15) is 5.56 Å². The van der Waals surface area contributed by atoms with E-state index in [-0.39, 0.29) is 11.1 Å². The van der Waals surface area contributed by atoms with Crippen LogP contribution in [0, 0.1) is 0 Å². The molecule has 3 rings (SSSR count). The van der Waals surface area contributed by atoms with Crippen LogP contribution in [0.2, 0.25) is 0 Å². The summed E-state index contributed by atoms with van der Waals surface area (Å²) in [6.07, 6.45) is 1.57. The van der Waals surface area contributed by atoms with Gasteiger partial charge in [-0.2, -0.15) is 0 Å². The highest BCUT2D eigenvalue weighted by atomic mass is 16.2. The summed E-state index contributed by atoms with van der Waals surface area (Å²) in [5, 5.41) is 0.981. The molecule has 0 spiro atoms. The number of H-pyrrole nitrogens is 1. The molecule has 0 aliphatic rings. The Morgan fingerprint density at radius 1 is 1.23 bits per heavy atom. The van der Waals surface area contributed by atoms with Crippen molar-refractivity contribution in [2.75, 3.05) is 0 Å². The maximum atomic E-state index is 11.3. The normalized spacial score (nSPS) is 10.5. The first kappa shape index (κ1) is 7.73. The number of hydrogen-bond donors (Lipinski definition) is 1. The fourth-order valence-electron chi connectivity index (χ4n) is 1.32. The quantitative estimate of drug-likeness (QED) is 0.698. The first-order valence-corrected chi connectivity index (χ1v) is 3.84. The molecule has 1 N–H and O–H groups in total. The van der Waals surface area contributed by atoms with Crippen molar-refractivity contribution in [3.8, 4) is 0 Å². The zero-order valence-electron chi connectivity index (χ0n) is 6.83. The van der Waals surface area contributed by atoms with E-state index in [4.69, 9.17) is 0 Å². The van der Waals surface area contributed by atoms with Crippen LogP contribution in [0.3, 0.4) is 0 Å². The van der Waals surface area contributed by atoms with Crippen molar-refractivity contribution >= 4 is 16.8 Å². The van der Waals surface area contributed by atoms with E-state index in [0.29, 0.717) is 16.3 Å². The zero-order chi connectivity index (χ0) is 9.42. The highest BCUT2D eigenvalue weighted by Gasteiger charge is 2.02. The smallest absolute Gasteiger partial charge is 0.258 e. The van der Waals surface area contributed by atoms with Crippen LogP contribution in [0.4, 0.5) is 0 Å². The van der Waals surface area contributed by atoms with Gasteiger partial charge in [0.05, 0.1) is 0 Å². The van der Waals surface area contributed by atoms with Gasteiger partial charge in [-0.1, -0.05) is 12.7 Å². The molecule has 0 atom stereocenters. The molecule has 0 saturated heterocycles. The summed E-state index contributed by atoms with van der Waals surface area (Å²) >= 11 is 0. The molecule has 0 amide bonds. The van der Waals surface area contributed by atoms with E-state index in [1.54, 1.807) is 24.3 Å². The van der Waals surface area contributed by atoms with Crippen molar-refractivity contribution in [2.24, 2.45) is 0 Å². The standard InChI is InChI=1S/C10H7NO2/c1-2-6-5-7-3-4-8(6)10(13)11-9(7)12/h2-5H,1H2,(H,11,12,13). The van der Waals surface area contributed by atoms with E-state index in [9.17, 15) is 9.59 Å². The van der Waals surface area contributed by atoms with Gasteiger partial charge in [0.1, 0.15) is 0 Å². The van der Waals surface area contributed by atoms with Crippen LogP contribution in [0.25, 0.3) is 16.8 Å². The second-order valence-corrected chi connectivity index (χ2v) is 2.79. The van der Waals surface area contributed by atoms with Gasteiger partial charge in [-0.25, -0.2) is 0 Å². The van der Waals surface area contributed by atoms with Crippen LogP contribution < -0.4 is 11.1 Å². The lowest BCUT2D eigenvalue weighted by Gasteiger charge is -1.91. The number of rotatable bonds is 1. The van der Waals surface area contributed by atoms with E-state index in [1.807, 2.05) is 0 Å². The molecule has 3 aromatic rings. The number of fused-ring (bicyclic) bond motifs is 4. The number of aromatic nitrogens is 1. The lowest BCUT2D eigenvalue weighted by atomic mass is 10.1. The molecule has 13 heavy (non-hydrogen) atoms. The van der Waals surface area contributed by atoms with E-state index < -0.39 is 0 Å². The average Bonchev–Trinajstić information content (AvgIpc) is 2.34. The third-order valence-corrected chi connectivity index (χ3v) is 2.01. The Hall–Kier alpha value is -1.90. The molecule has 0 fully saturated rings. The largest absolute Gasteiger partial charge is 0.288 e. The fourth-order valence-corrected chi connectivity index (χ4v) is 1.32. The summed E-state index contributed by atoms with van der Waals surface area (Å²) in [5.41, 5.74) is -0.0196. The molecule has 2 heterocycles. The van der Waals surface area contributed by atoms with Crippen molar-refractivity contribution in [1.82, 2.24) is 4.98 Å². The van der Waals surface area contributed by atoms with E-state index in [1.165, 1.54) is 0 Å². The predicted molar refractivity (Wildman–Crippen MR) is 52.1 cm³/mol. The summed E-state index contributed by atoms with van der Waals surface area (Å²) in [7, 11) is 0. The number of nitrogens with one attached hydrogen (secondary N) is 1. The highest BCUT2D eigenvalue weighted by molar-refractivity contribution is 5.77. The minimum Gasteiger partial charge on any atom is -0.288 e. The molecule has 3 nitrogen and oxygen atoms in total. The van der Waals surface area contributed by atoms with Crippen LogP contribution in [0.15, 0.2) is 34.4 Å². The van der Waals surface area contributed by atoms with Gasteiger partial charge in [0.2, 0.25) is 0 Å². The lowest BCUT2D eigenvalue weighted by molar-refractivity contribution is 1.24. The molecule has 0 radical (unpaired) electrons. The maximum absolute atomic E-state index is 11.3. The van der Waals surface area contributed by atoms with Gasteiger partial charge in [0.25, 0.3) is 11.1 Å². The van der Waals surface area contributed by atoms with Gasteiger partial charge in [-0.15, -0.1) is 0 Å². The van der Waals surface area contributed by atoms with Gasteiger partial charge in [0, 0.05) is 10.8 Å². The molecule has 64 valence electrons. The van der Waals surface area contributed by atoms with Crippen molar-refractivity contribution in [3.05, 3.63) is 51.0 Å². The summed E-state index contributed by atoms with van der Waals surface area (Å²) in [4.78, 5) is 24.8. The minimum atomic E-state index is -0.361. The molecular weight excluding hydrogens is 166 g/mol. The summed E-state index contributed by atoms with van der Waals surface area (Å²) in [6, 6.07) is 4.91. The Bertz CT molecular complexity index is 568. The van der Waals surface area contributed by atoms with Crippen molar-refractivity contribution in [3.63, 3.8) is 0 Å². The predicted octanol–water partition coefficient (Wildman–Crippen LogP) is 0.969. The van der Waals surface area contributed by atoms with Gasteiger partial charge >= 0.3 is 0 Å². The van der Waals surface area contributed by atoms with Crippen molar-refractivity contribution in [1.29, 1.82) is 0 Å². The van der Waals surface area contributed by atoms with Gasteiger partial charge < -0.3 is 0 Å². The van der Waals surface area contributed by atoms with Crippen LogP contribution in [-0.2, 0) is 0 Å². The number of aromatic amines is 1. The Kier molecular flexibility index (Phi) is 1.52. The fraction of sp³-hybridized carbons (Fsp3) is 0. The van der Waals surface area contributed by atoms with Gasteiger partial charge in [0.15, 0.2) is 0 Å². The second kappa shape index (κ2) is 2.55. The van der Waals surface area contributed by atoms with Crippen LogP contribution in [-0.4, -0.2) is 4.98 Å². The van der Waals surface area contributed by atoms with E-state index in [0.717, 1.165) is 0 Å². The van der Waals surface area contributed by atoms with E-state index >= 15 is 0 Å². The Balaban J connectivity index is 3.19. The topological polar surface area (TPSA) is 49.9 Å². The molecule has 3 heteroatoms. The first-order valence-electron chi connectivity index (χ1n) is 3.84. The van der Waals surface area contributed by atoms with Crippen LogP contribution in [0.5, 0.6) is 0 Å². The summed E-state index contributed by atoms with van der Waals surface area (Å²) in [6.45, 7) is 3.58. The monoisotopic (exact) mass is 173 g/mol. The molecule has 0 aliphatic heterocycles. The maximum Gasteiger partial charge on any atom is 0.258 e. The molecule has 2 bridgehead atoms. The van der Waals surface area contributed by atoms with Gasteiger partial charge in [-0.05, 0) is 23.8 Å². The average molecular weight is 173 g/mol. The van der Waals surface area contributed by atoms with Crippen molar-refractivity contribution < 1.29 is 0 Å². The number of benzene rings is 1. The Morgan fingerprint density at radius 3 is 2.69 bits per heavy atom. The van der Waals surface area contributed by atoms with Gasteiger partial charge in [-0.3, -0.25) is 14.6 Å². The molecule has 2 aromatic heterocycles. The molecule has 0 aliphatic carbocycles. The lowest BCUT2D eigenvalue weighted by Crippen LogP contribution is -2.12. The molecule has 1 aromatic carbocycles. The second-order valence-electron chi connectivity index (χ2n) is 2.79. The zero-order valence-corrected chi connectivity index (χ0v) is 6.83. The number of hydrogen-bond acceptors (Lipinski definition) is 2. The summed E-state index contributed by atoms with van der Waals surface area (Å²) < 4.78 is 0. The molecular formula is C10H7NO2. The Labute approximate surface area is 73.7 Å². The minimum absolute atomic E-state index is 0.354. The Morgan fingerprint density at radius 2 is 2.00 bits per heavy atom. The third kappa shape index (κ3) is 1.05. The molecule has 0 unspecified atom stereocenters. The summed E-state index contributed by atoms with van der Waals surface area (Å²) in [5.74, 6) is 0.